The lowest BCUT2D eigenvalue weighted by Crippen LogP contribution is -2.08. The molecule has 3 aromatic carbocycles. The summed E-state index contributed by atoms with van der Waals surface area (Å²) in [4.78, 5) is 12.2. The first-order valence-corrected chi connectivity index (χ1v) is 10.1. The summed E-state index contributed by atoms with van der Waals surface area (Å²) in [7, 11) is 0. The normalized spacial score (nSPS) is 10.2. The zero-order valence-corrected chi connectivity index (χ0v) is 17.2. The molecule has 5 heteroatoms. The van der Waals surface area contributed by atoms with Crippen LogP contribution in [0.15, 0.2) is 66.7 Å². The topological polar surface area (TPSA) is 35.5 Å². The minimum atomic E-state index is -0.815. The summed E-state index contributed by atoms with van der Waals surface area (Å²) in [6.45, 7) is 2.86. The van der Waals surface area contributed by atoms with Gasteiger partial charge in [-0.25, -0.2) is 13.6 Å². The third-order valence-corrected chi connectivity index (χ3v) is 4.39. The first kappa shape index (κ1) is 22.0. The van der Waals surface area contributed by atoms with Crippen molar-refractivity contribution in [3.05, 3.63) is 95.1 Å². The molecule has 0 aliphatic carbocycles. The van der Waals surface area contributed by atoms with Gasteiger partial charge in [-0.15, -0.1) is 0 Å². The van der Waals surface area contributed by atoms with Gasteiger partial charge in [-0.3, -0.25) is 0 Å². The van der Waals surface area contributed by atoms with Crippen LogP contribution in [0.3, 0.4) is 0 Å². The van der Waals surface area contributed by atoms with E-state index in [0.29, 0.717) is 18.2 Å². The summed E-state index contributed by atoms with van der Waals surface area (Å²) in [6.07, 6.45) is 3.36. The second-order valence-corrected chi connectivity index (χ2v) is 6.90. The van der Waals surface area contributed by atoms with Crippen LogP contribution in [0.1, 0.15) is 47.7 Å². The van der Waals surface area contributed by atoms with Crippen LogP contribution in [0.4, 0.5) is 8.78 Å². The number of carbonyl (C=O) groups is 1. The summed E-state index contributed by atoms with van der Waals surface area (Å²) in [5.74, 6) is 4.38. The van der Waals surface area contributed by atoms with E-state index < -0.39 is 17.6 Å². The highest BCUT2D eigenvalue weighted by Crippen LogP contribution is 2.17. The smallest absolute Gasteiger partial charge is 0.343 e. The van der Waals surface area contributed by atoms with E-state index in [1.165, 1.54) is 0 Å². The van der Waals surface area contributed by atoms with E-state index >= 15 is 0 Å². The number of benzene rings is 3. The fraction of sp³-hybridized carbons (Fsp3) is 0.192. The standard InChI is InChI=1S/C26H22F2O3/c1-2-3-4-15-30-24-13-9-20(10-14-24)6-5-19-7-11-21(12-8-19)26(29)31-25-17-22(27)16-23(28)18-25/h7-14,16-18H,2-4,15H2,1H3. The largest absolute Gasteiger partial charge is 0.494 e. The molecule has 0 radical (unpaired) electrons. The number of unbranched alkanes of at least 4 members (excludes halogenated alkanes) is 2. The lowest BCUT2D eigenvalue weighted by Gasteiger charge is -2.05. The Morgan fingerprint density at radius 1 is 0.806 bits per heavy atom. The molecule has 3 aromatic rings. The number of halogens is 2. The van der Waals surface area contributed by atoms with Gasteiger partial charge in [-0.05, 0) is 55.0 Å². The second kappa shape index (κ2) is 10.9. The average molecular weight is 420 g/mol. The SMILES string of the molecule is CCCCCOc1ccc(C#Cc2ccc(C(=O)Oc3cc(F)cc(F)c3)cc2)cc1. The maximum atomic E-state index is 13.2. The van der Waals surface area contributed by atoms with Crippen molar-refractivity contribution in [2.24, 2.45) is 0 Å². The molecule has 0 aromatic heterocycles. The maximum absolute atomic E-state index is 13.2. The molecule has 0 saturated heterocycles. The molecule has 3 nitrogen and oxygen atoms in total. The van der Waals surface area contributed by atoms with Gasteiger partial charge in [0.15, 0.2) is 0 Å². The van der Waals surface area contributed by atoms with Gasteiger partial charge in [-0.1, -0.05) is 31.6 Å². The van der Waals surface area contributed by atoms with E-state index in [1.54, 1.807) is 24.3 Å². The van der Waals surface area contributed by atoms with Gasteiger partial charge in [0.2, 0.25) is 0 Å². The Labute approximate surface area is 180 Å². The average Bonchev–Trinajstić information content (AvgIpc) is 2.76. The third kappa shape index (κ3) is 6.97. The van der Waals surface area contributed by atoms with Crippen molar-refractivity contribution >= 4 is 5.97 Å². The van der Waals surface area contributed by atoms with Gasteiger partial charge in [0.25, 0.3) is 0 Å². The van der Waals surface area contributed by atoms with Gasteiger partial charge in [0, 0.05) is 29.3 Å². The molecule has 0 fully saturated rings. The zero-order valence-electron chi connectivity index (χ0n) is 17.2. The number of hydrogen-bond acceptors (Lipinski definition) is 3. The molecule has 0 amide bonds. The molecule has 3 rings (SSSR count). The van der Waals surface area contributed by atoms with Gasteiger partial charge in [0.05, 0.1) is 12.2 Å². The Morgan fingerprint density at radius 2 is 1.39 bits per heavy atom. The lowest BCUT2D eigenvalue weighted by molar-refractivity contribution is 0.0734. The highest BCUT2D eigenvalue weighted by Gasteiger charge is 2.10. The van der Waals surface area contributed by atoms with Crippen LogP contribution in [0.2, 0.25) is 0 Å². The molecule has 0 bridgehead atoms. The van der Waals surface area contributed by atoms with Crippen LogP contribution in [0.5, 0.6) is 11.5 Å². The van der Waals surface area contributed by atoms with Crippen molar-refractivity contribution in [1.29, 1.82) is 0 Å². The van der Waals surface area contributed by atoms with Gasteiger partial charge in [0.1, 0.15) is 23.1 Å². The van der Waals surface area contributed by atoms with Crippen LogP contribution >= 0.6 is 0 Å². The molecule has 0 atom stereocenters. The van der Waals surface area contributed by atoms with Gasteiger partial charge >= 0.3 is 5.97 Å². The Balaban J connectivity index is 1.58. The third-order valence-electron chi connectivity index (χ3n) is 4.39. The first-order chi connectivity index (χ1) is 15.0. The fourth-order valence-electron chi connectivity index (χ4n) is 2.76. The van der Waals surface area contributed by atoms with E-state index in [9.17, 15) is 13.6 Å². The van der Waals surface area contributed by atoms with Crippen molar-refractivity contribution in [3.8, 4) is 23.3 Å². The Kier molecular flexibility index (Phi) is 7.78. The Hall–Kier alpha value is -3.65. The van der Waals surface area contributed by atoms with Crippen LogP contribution < -0.4 is 9.47 Å². The van der Waals surface area contributed by atoms with Crippen LogP contribution in [0.25, 0.3) is 0 Å². The highest BCUT2D eigenvalue weighted by molar-refractivity contribution is 5.91. The molecule has 0 N–H and O–H groups in total. The minimum absolute atomic E-state index is 0.191. The summed E-state index contributed by atoms with van der Waals surface area (Å²) < 4.78 is 37.1. The van der Waals surface area contributed by atoms with Crippen molar-refractivity contribution in [2.45, 2.75) is 26.2 Å². The van der Waals surface area contributed by atoms with E-state index in [1.807, 2.05) is 24.3 Å². The van der Waals surface area contributed by atoms with E-state index in [-0.39, 0.29) is 11.3 Å². The molecule has 158 valence electrons. The van der Waals surface area contributed by atoms with Crippen LogP contribution in [-0.4, -0.2) is 12.6 Å². The minimum Gasteiger partial charge on any atom is -0.494 e. The van der Waals surface area contributed by atoms with Crippen molar-refractivity contribution in [1.82, 2.24) is 0 Å². The van der Waals surface area contributed by atoms with E-state index in [2.05, 4.69) is 18.8 Å². The number of ether oxygens (including phenoxy) is 2. The summed E-state index contributed by atoms with van der Waals surface area (Å²) in [5.41, 5.74) is 1.81. The van der Waals surface area contributed by atoms with E-state index in [4.69, 9.17) is 9.47 Å². The quantitative estimate of drug-likeness (QED) is 0.199. The Bertz CT molecular complexity index is 1060. The molecule has 0 aliphatic rings. The van der Waals surface area contributed by atoms with Gasteiger partial charge < -0.3 is 9.47 Å². The number of hydrogen-bond donors (Lipinski definition) is 0. The van der Waals surface area contributed by atoms with Crippen LogP contribution in [0, 0.1) is 23.5 Å². The molecule has 0 heterocycles. The highest BCUT2D eigenvalue weighted by atomic mass is 19.1. The second-order valence-electron chi connectivity index (χ2n) is 6.90. The monoisotopic (exact) mass is 420 g/mol. The molecular formula is C26H22F2O3. The van der Waals surface area contributed by atoms with E-state index in [0.717, 1.165) is 42.7 Å². The molecule has 0 spiro atoms. The number of esters is 1. The Morgan fingerprint density at radius 3 is 1.97 bits per heavy atom. The molecule has 31 heavy (non-hydrogen) atoms. The first-order valence-electron chi connectivity index (χ1n) is 10.1. The predicted molar refractivity (Wildman–Crippen MR) is 115 cm³/mol. The summed E-state index contributed by atoms with van der Waals surface area (Å²) >= 11 is 0. The predicted octanol–water partition coefficient (Wildman–Crippen LogP) is 6.15. The fourth-order valence-corrected chi connectivity index (χ4v) is 2.76. The van der Waals surface area contributed by atoms with Crippen LogP contribution in [-0.2, 0) is 0 Å². The number of rotatable bonds is 7. The molecule has 0 aliphatic heterocycles. The molecule has 0 saturated carbocycles. The summed E-state index contributed by atoms with van der Waals surface area (Å²) in [6, 6.07) is 16.6. The zero-order chi connectivity index (χ0) is 22.1. The molecule has 0 unspecified atom stereocenters. The summed E-state index contributed by atoms with van der Waals surface area (Å²) in [5, 5.41) is 0. The molecular weight excluding hydrogens is 398 g/mol. The lowest BCUT2D eigenvalue weighted by atomic mass is 10.1. The van der Waals surface area contributed by atoms with Gasteiger partial charge in [-0.2, -0.15) is 0 Å². The number of carbonyl (C=O) groups excluding carboxylic acids is 1. The maximum Gasteiger partial charge on any atom is 0.343 e. The van der Waals surface area contributed by atoms with Crippen molar-refractivity contribution in [3.63, 3.8) is 0 Å². The van der Waals surface area contributed by atoms with Crippen molar-refractivity contribution < 1.29 is 23.0 Å². The van der Waals surface area contributed by atoms with Crippen molar-refractivity contribution in [2.75, 3.05) is 6.61 Å².